The lowest BCUT2D eigenvalue weighted by atomic mass is 10.2. The Kier molecular flexibility index (Phi) is 5.27. The van der Waals surface area contributed by atoms with Gasteiger partial charge in [-0.3, -0.25) is 0 Å². The highest BCUT2D eigenvalue weighted by molar-refractivity contribution is 7.91. The number of hydrogen-bond acceptors (Lipinski definition) is 5. The Hall–Kier alpha value is -1.57. The summed E-state index contributed by atoms with van der Waals surface area (Å²) in [5.41, 5.74) is 0.658. The van der Waals surface area contributed by atoms with Crippen LogP contribution in [-0.2, 0) is 20.9 Å². The Morgan fingerprint density at radius 3 is 2.25 bits per heavy atom. The van der Waals surface area contributed by atoms with Crippen LogP contribution in [0.15, 0.2) is 52.8 Å². The third kappa shape index (κ3) is 3.91. The Bertz CT molecular complexity index is 800. The Morgan fingerprint density at radius 2 is 1.67 bits per heavy atom. The molecule has 0 spiro atoms. The summed E-state index contributed by atoms with van der Waals surface area (Å²) in [5.74, 6) is 0. The van der Waals surface area contributed by atoms with Crippen molar-refractivity contribution in [1.82, 2.24) is 9.97 Å². The summed E-state index contributed by atoms with van der Waals surface area (Å²) >= 11 is 0. The van der Waals surface area contributed by atoms with Crippen LogP contribution in [0.5, 0.6) is 0 Å². The Balaban J connectivity index is 2.36. The molecule has 0 bridgehead atoms. The molecule has 1 aromatic heterocycles. The zero-order valence-electron chi connectivity index (χ0n) is 14.8. The lowest BCUT2D eigenvalue weighted by molar-refractivity contribution is 0.273. The molecule has 0 fully saturated rings. The molecule has 1 heterocycles. The standard InChI is InChI=1S/C17H24N2O3SSi/c1-17(2,3)24(4,5)22-12-14-8-6-7-9-16(14)23(20,21)15-10-18-13-19-11-15/h6-11,13H,12H2,1-5H3. The van der Waals surface area contributed by atoms with E-state index in [1.165, 1.54) is 18.7 Å². The average molecular weight is 365 g/mol. The van der Waals surface area contributed by atoms with Crippen molar-refractivity contribution >= 4 is 18.2 Å². The minimum absolute atomic E-state index is 0.0636. The smallest absolute Gasteiger partial charge is 0.210 e. The van der Waals surface area contributed by atoms with Crippen molar-refractivity contribution in [3.05, 3.63) is 48.5 Å². The summed E-state index contributed by atoms with van der Waals surface area (Å²) in [6.07, 6.45) is 3.94. The fourth-order valence-electron chi connectivity index (χ4n) is 1.91. The first-order valence-electron chi connectivity index (χ1n) is 7.78. The van der Waals surface area contributed by atoms with Crippen LogP contribution in [0.2, 0.25) is 18.1 Å². The summed E-state index contributed by atoms with van der Waals surface area (Å²) in [5, 5.41) is 0.0636. The molecule has 0 saturated heterocycles. The molecule has 0 saturated carbocycles. The van der Waals surface area contributed by atoms with Gasteiger partial charge in [0.15, 0.2) is 8.32 Å². The Morgan fingerprint density at radius 1 is 1.08 bits per heavy atom. The molecule has 2 aromatic rings. The first kappa shape index (κ1) is 18.8. The number of rotatable bonds is 5. The van der Waals surface area contributed by atoms with Crippen molar-refractivity contribution in [3.8, 4) is 0 Å². The lowest BCUT2D eigenvalue weighted by Crippen LogP contribution is -2.40. The summed E-state index contributed by atoms with van der Waals surface area (Å²) in [6, 6.07) is 6.94. The van der Waals surface area contributed by atoms with Gasteiger partial charge in [0.1, 0.15) is 11.2 Å². The SMILES string of the molecule is CC(C)(C)[Si](C)(C)OCc1ccccc1S(=O)(=O)c1cncnc1. The van der Waals surface area contributed by atoms with E-state index in [-0.39, 0.29) is 21.4 Å². The van der Waals surface area contributed by atoms with E-state index in [0.717, 1.165) is 0 Å². The van der Waals surface area contributed by atoms with Gasteiger partial charge in [-0.05, 0) is 29.8 Å². The van der Waals surface area contributed by atoms with E-state index in [9.17, 15) is 8.42 Å². The fourth-order valence-corrected chi connectivity index (χ4v) is 4.24. The molecule has 24 heavy (non-hydrogen) atoms. The molecule has 0 N–H and O–H groups in total. The van der Waals surface area contributed by atoms with E-state index in [2.05, 4.69) is 43.8 Å². The number of aromatic nitrogens is 2. The van der Waals surface area contributed by atoms with Crippen LogP contribution in [0, 0.1) is 0 Å². The molecular formula is C17H24N2O3SSi. The van der Waals surface area contributed by atoms with Gasteiger partial charge in [-0.1, -0.05) is 39.0 Å². The van der Waals surface area contributed by atoms with E-state index < -0.39 is 18.2 Å². The van der Waals surface area contributed by atoms with Crippen molar-refractivity contribution in [2.24, 2.45) is 0 Å². The topological polar surface area (TPSA) is 69.2 Å². The van der Waals surface area contributed by atoms with Crippen LogP contribution >= 0.6 is 0 Å². The summed E-state index contributed by atoms with van der Waals surface area (Å²) in [7, 11) is -5.63. The van der Waals surface area contributed by atoms with Crippen molar-refractivity contribution in [3.63, 3.8) is 0 Å². The highest BCUT2D eigenvalue weighted by atomic mass is 32.2. The van der Waals surface area contributed by atoms with Crippen molar-refractivity contribution in [2.75, 3.05) is 0 Å². The molecule has 0 amide bonds. The normalized spacial score (nSPS) is 13.0. The van der Waals surface area contributed by atoms with Crippen LogP contribution in [0.1, 0.15) is 26.3 Å². The largest absolute Gasteiger partial charge is 0.413 e. The van der Waals surface area contributed by atoms with Crippen molar-refractivity contribution in [1.29, 1.82) is 0 Å². The van der Waals surface area contributed by atoms with Crippen LogP contribution < -0.4 is 0 Å². The highest BCUT2D eigenvalue weighted by Gasteiger charge is 2.37. The molecule has 0 aliphatic rings. The van der Waals surface area contributed by atoms with E-state index in [4.69, 9.17) is 4.43 Å². The third-order valence-electron chi connectivity index (χ3n) is 4.50. The van der Waals surface area contributed by atoms with Gasteiger partial charge >= 0.3 is 0 Å². The summed E-state index contributed by atoms with van der Waals surface area (Å²) in [4.78, 5) is 7.95. The predicted octanol–water partition coefficient (Wildman–Crippen LogP) is 3.83. The van der Waals surface area contributed by atoms with Gasteiger partial charge in [-0.15, -0.1) is 0 Å². The maximum absolute atomic E-state index is 12.9. The predicted molar refractivity (Wildman–Crippen MR) is 95.9 cm³/mol. The van der Waals surface area contributed by atoms with E-state index in [1.807, 2.05) is 6.07 Å². The Labute approximate surface area is 145 Å². The molecule has 1 aromatic carbocycles. The second-order valence-corrected chi connectivity index (χ2v) is 14.0. The number of benzene rings is 1. The summed E-state index contributed by atoms with van der Waals surface area (Å²) < 4.78 is 31.9. The van der Waals surface area contributed by atoms with Gasteiger partial charge in [0.05, 0.1) is 11.5 Å². The highest BCUT2D eigenvalue weighted by Crippen LogP contribution is 2.37. The molecule has 0 radical (unpaired) electrons. The second kappa shape index (κ2) is 6.74. The molecule has 0 aliphatic carbocycles. The maximum atomic E-state index is 12.9. The number of nitrogens with zero attached hydrogens (tertiary/aromatic N) is 2. The van der Waals surface area contributed by atoms with Gasteiger partial charge in [0.2, 0.25) is 9.84 Å². The quantitative estimate of drug-likeness (QED) is 0.754. The van der Waals surface area contributed by atoms with Gasteiger partial charge in [0, 0.05) is 12.4 Å². The van der Waals surface area contributed by atoms with Crippen molar-refractivity contribution in [2.45, 2.75) is 55.3 Å². The monoisotopic (exact) mass is 364 g/mol. The molecule has 130 valence electrons. The molecule has 5 nitrogen and oxygen atoms in total. The van der Waals surface area contributed by atoms with Gasteiger partial charge in [-0.2, -0.15) is 0 Å². The lowest BCUT2D eigenvalue weighted by Gasteiger charge is -2.36. The minimum atomic E-state index is -3.66. The van der Waals surface area contributed by atoms with Gasteiger partial charge in [0.25, 0.3) is 0 Å². The average Bonchev–Trinajstić information content (AvgIpc) is 2.53. The minimum Gasteiger partial charge on any atom is -0.413 e. The van der Waals surface area contributed by atoms with E-state index in [0.29, 0.717) is 5.56 Å². The van der Waals surface area contributed by atoms with E-state index >= 15 is 0 Å². The molecule has 7 heteroatoms. The summed E-state index contributed by atoms with van der Waals surface area (Å²) in [6.45, 7) is 11.0. The number of sulfone groups is 1. The molecular weight excluding hydrogens is 340 g/mol. The van der Waals surface area contributed by atoms with Crippen LogP contribution in [0.25, 0.3) is 0 Å². The second-order valence-electron chi connectivity index (χ2n) is 7.23. The zero-order chi connectivity index (χ0) is 18.0. The fraction of sp³-hybridized carbons (Fsp3) is 0.412. The maximum Gasteiger partial charge on any atom is 0.210 e. The van der Waals surface area contributed by atoms with Crippen LogP contribution in [-0.4, -0.2) is 26.7 Å². The first-order chi connectivity index (χ1) is 11.1. The zero-order valence-corrected chi connectivity index (χ0v) is 16.6. The first-order valence-corrected chi connectivity index (χ1v) is 12.2. The molecule has 2 rings (SSSR count). The number of hydrogen-bond donors (Lipinski definition) is 0. The molecule has 0 unspecified atom stereocenters. The van der Waals surface area contributed by atoms with E-state index in [1.54, 1.807) is 18.2 Å². The van der Waals surface area contributed by atoms with Gasteiger partial charge < -0.3 is 4.43 Å². The molecule has 0 atom stereocenters. The van der Waals surface area contributed by atoms with Crippen LogP contribution in [0.3, 0.4) is 0 Å². The van der Waals surface area contributed by atoms with Crippen LogP contribution in [0.4, 0.5) is 0 Å². The van der Waals surface area contributed by atoms with Gasteiger partial charge in [-0.25, -0.2) is 18.4 Å². The molecule has 0 aliphatic heterocycles. The van der Waals surface area contributed by atoms with Crippen molar-refractivity contribution < 1.29 is 12.8 Å². The third-order valence-corrected chi connectivity index (χ3v) is 10.8.